The standard InChI is InChI=1S/C14H17ClINO2/c1-2-19-11-4-3-7-17(9-11)14(18)10-5-6-13(16)12(15)8-10/h5-6,8,11H,2-4,7,9H2,1H3. The van der Waals surface area contributed by atoms with Crippen LogP contribution < -0.4 is 0 Å². The smallest absolute Gasteiger partial charge is 0.253 e. The van der Waals surface area contributed by atoms with Crippen LogP contribution in [0.25, 0.3) is 0 Å². The minimum Gasteiger partial charge on any atom is -0.377 e. The van der Waals surface area contributed by atoms with Crippen LogP contribution in [0.2, 0.25) is 5.02 Å². The van der Waals surface area contributed by atoms with Crippen molar-refractivity contribution in [3.63, 3.8) is 0 Å². The van der Waals surface area contributed by atoms with Gasteiger partial charge in [0.2, 0.25) is 0 Å². The maximum absolute atomic E-state index is 12.4. The first-order chi connectivity index (χ1) is 9.11. The minimum atomic E-state index is 0.0442. The Labute approximate surface area is 132 Å². The molecule has 1 heterocycles. The van der Waals surface area contributed by atoms with Crippen LogP contribution in [-0.2, 0) is 4.74 Å². The summed E-state index contributed by atoms with van der Waals surface area (Å²) in [6.45, 7) is 4.16. The summed E-state index contributed by atoms with van der Waals surface area (Å²) in [4.78, 5) is 14.3. The molecule has 104 valence electrons. The lowest BCUT2D eigenvalue weighted by atomic mass is 10.1. The summed E-state index contributed by atoms with van der Waals surface area (Å²) < 4.78 is 6.58. The number of ether oxygens (including phenoxy) is 1. The molecule has 19 heavy (non-hydrogen) atoms. The quantitative estimate of drug-likeness (QED) is 0.735. The molecule has 1 unspecified atom stereocenters. The normalized spacial score (nSPS) is 19.5. The average Bonchev–Trinajstić information content (AvgIpc) is 2.42. The number of likely N-dealkylation sites (tertiary alicyclic amines) is 1. The third-order valence-electron chi connectivity index (χ3n) is 3.23. The van der Waals surface area contributed by atoms with Crippen molar-refractivity contribution in [1.82, 2.24) is 4.90 Å². The van der Waals surface area contributed by atoms with Crippen LogP contribution in [0.3, 0.4) is 0 Å². The average molecular weight is 394 g/mol. The highest BCUT2D eigenvalue weighted by atomic mass is 127. The molecule has 1 aliphatic heterocycles. The van der Waals surface area contributed by atoms with Gasteiger partial charge < -0.3 is 9.64 Å². The zero-order chi connectivity index (χ0) is 13.8. The van der Waals surface area contributed by atoms with Crippen LogP contribution in [0.5, 0.6) is 0 Å². The van der Waals surface area contributed by atoms with Crippen molar-refractivity contribution < 1.29 is 9.53 Å². The summed E-state index contributed by atoms with van der Waals surface area (Å²) in [5.74, 6) is 0.0442. The van der Waals surface area contributed by atoms with E-state index < -0.39 is 0 Å². The van der Waals surface area contributed by atoms with Crippen molar-refractivity contribution >= 4 is 40.1 Å². The Hall–Kier alpha value is -0.330. The fourth-order valence-corrected chi connectivity index (χ4v) is 2.82. The molecule has 1 aromatic carbocycles. The van der Waals surface area contributed by atoms with Gasteiger partial charge in [-0.25, -0.2) is 0 Å². The van der Waals surface area contributed by atoms with Gasteiger partial charge >= 0.3 is 0 Å². The van der Waals surface area contributed by atoms with Crippen LogP contribution in [-0.4, -0.2) is 36.6 Å². The highest BCUT2D eigenvalue weighted by Crippen LogP contribution is 2.22. The lowest BCUT2D eigenvalue weighted by Crippen LogP contribution is -2.43. The first kappa shape index (κ1) is 15.1. The highest BCUT2D eigenvalue weighted by Gasteiger charge is 2.24. The van der Waals surface area contributed by atoms with Crippen molar-refractivity contribution in [2.75, 3.05) is 19.7 Å². The molecule has 5 heteroatoms. The van der Waals surface area contributed by atoms with E-state index in [0.29, 0.717) is 23.7 Å². The summed E-state index contributed by atoms with van der Waals surface area (Å²) in [5, 5.41) is 0.629. The topological polar surface area (TPSA) is 29.5 Å². The number of hydrogen-bond donors (Lipinski definition) is 0. The maximum atomic E-state index is 12.4. The second kappa shape index (κ2) is 6.90. The SMILES string of the molecule is CCOC1CCCN(C(=O)c2ccc(I)c(Cl)c2)C1. The molecule has 1 saturated heterocycles. The van der Waals surface area contributed by atoms with E-state index in [4.69, 9.17) is 16.3 Å². The third kappa shape index (κ3) is 3.83. The number of carbonyl (C=O) groups is 1. The Kier molecular flexibility index (Phi) is 5.47. The van der Waals surface area contributed by atoms with Gasteiger partial charge in [0.05, 0.1) is 11.1 Å². The summed E-state index contributed by atoms with van der Waals surface area (Å²) >= 11 is 8.23. The van der Waals surface area contributed by atoms with Crippen molar-refractivity contribution in [2.24, 2.45) is 0 Å². The fourth-order valence-electron chi connectivity index (χ4n) is 2.31. The van der Waals surface area contributed by atoms with Crippen LogP contribution >= 0.6 is 34.2 Å². The van der Waals surface area contributed by atoms with Gasteiger partial charge in [0.25, 0.3) is 5.91 Å². The summed E-state index contributed by atoms with van der Waals surface area (Å²) in [6.07, 6.45) is 2.20. The van der Waals surface area contributed by atoms with Gasteiger partial charge in [0.15, 0.2) is 0 Å². The van der Waals surface area contributed by atoms with Gasteiger partial charge in [-0.15, -0.1) is 0 Å². The van der Waals surface area contributed by atoms with Gasteiger partial charge in [0, 0.05) is 28.8 Å². The Bertz CT molecular complexity index is 465. The number of hydrogen-bond acceptors (Lipinski definition) is 2. The molecule has 0 radical (unpaired) electrons. The molecule has 1 amide bonds. The van der Waals surface area contributed by atoms with E-state index in [2.05, 4.69) is 22.6 Å². The molecule has 0 bridgehead atoms. The van der Waals surface area contributed by atoms with E-state index in [-0.39, 0.29) is 12.0 Å². The Morgan fingerprint density at radius 1 is 1.58 bits per heavy atom. The zero-order valence-electron chi connectivity index (χ0n) is 10.9. The molecule has 3 nitrogen and oxygen atoms in total. The summed E-state index contributed by atoms with van der Waals surface area (Å²) in [6, 6.07) is 5.45. The molecular formula is C14H17ClINO2. The van der Waals surface area contributed by atoms with Crippen LogP contribution in [0.1, 0.15) is 30.1 Å². The van der Waals surface area contributed by atoms with Gasteiger partial charge in [-0.1, -0.05) is 11.6 Å². The van der Waals surface area contributed by atoms with Crippen molar-refractivity contribution in [2.45, 2.75) is 25.9 Å². The first-order valence-electron chi connectivity index (χ1n) is 6.47. The number of carbonyl (C=O) groups excluding carboxylic acids is 1. The highest BCUT2D eigenvalue weighted by molar-refractivity contribution is 14.1. The third-order valence-corrected chi connectivity index (χ3v) is 4.81. The van der Waals surface area contributed by atoms with E-state index in [0.717, 1.165) is 23.0 Å². The number of benzene rings is 1. The van der Waals surface area contributed by atoms with Crippen molar-refractivity contribution in [3.8, 4) is 0 Å². The van der Waals surface area contributed by atoms with E-state index in [1.807, 2.05) is 24.0 Å². The first-order valence-corrected chi connectivity index (χ1v) is 7.93. The lowest BCUT2D eigenvalue weighted by molar-refractivity contribution is 0.00724. The Balaban J connectivity index is 2.08. The van der Waals surface area contributed by atoms with Crippen LogP contribution in [0.4, 0.5) is 0 Å². The summed E-state index contributed by atoms with van der Waals surface area (Å²) in [7, 11) is 0. The molecule has 0 spiro atoms. The van der Waals surface area contributed by atoms with Crippen LogP contribution in [0.15, 0.2) is 18.2 Å². The molecule has 2 rings (SSSR count). The second-order valence-corrected chi connectivity index (χ2v) is 6.17. The molecular weight excluding hydrogens is 377 g/mol. The fraction of sp³-hybridized carbons (Fsp3) is 0.500. The van der Waals surface area contributed by atoms with E-state index in [9.17, 15) is 4.79 Å². The zero-order valence-corrected chi connectivity index (χ0v) is 13.8. The lowest BCUT2D eigenvalue weighted by Gasteiger charge is -2.32. The van der Waals surface area contributed by atoms with Gasteiger partial charge in [0.1, 0.15) is 0 Å². The molecule has 1 fully saturated rings. The van der Waals surface area contributed by atoms with Gasteiger partial charge in [-0.3, -0.25) is 4.79 Å². The van der Waals surface area contributed by atoms with E-state index in [1.54, 1.807) is 6.07 Å². The van der Waals surface area contributed by atoms with Crippen LogP contribution in [0, 0.1) is 3.57 Å². The van der Waals surface area contributed by atoms with Gasteiger partial charge in [-0.2, -0.15) is 0 Å². The predicted molar refractivity (Wildman–Crippen MR) is 84.7 cm³/mol. The molecule has 0 N–H and O–H groups in total. The molecule has 1 aliphatic rings. The molecule has 0 aromatic heterocycles. The van der Waals surface area contributed by atoms with Gasteiger partial charge in [-0.05, 0) is 60.6 Å². The minimum absolute atomic E-state index is 0.0442. The molecule has 1 atom stereocenters. The summed E-state index contributed by atoms with van der Waals surface area (Å²) in [5.41, 5.74) is 0.655. The number of piperidine rings is 1. The molecule has 0 saturated carbocycles. The number of nitrogens with zero attached hydrogens (tertiary/aromatic N) is 1. The monoisotopic (exact) mass is 393 g/mol. The number of amides is 1. The van der Waals surface area contributed by atoms with Crippen molar-refractivity contribution in [3.05, 3.63) is 32.4 Å². The maximum Gasteiger partial charge on any atom is 0.253 e. The number of halogens is 2. The van der Waals surface area contributed by atoms with Crippen molar-refractivity contribution in [1.29, 1.82) is 0 Å². The van der Waals surface area contributed by atoms with E-state index >= 15 is 0 Å². The largest absolute Gasteiger partial charge is 0.377 e. The molecule has 1 aromatic rings. The number of rotatable bonds is 3. The van der Waals surface area contributed by atoms with E-state index in [1.165, 1.54) is 0 Å². The second-order valence-electron chi connectivity index (χ2n) is 4.60. The molecule has 0 aliphatic carbocycles. The Morgan fingerprint density at radius 3 is 3.05 bits per heavy atom. The Morgan fingerprint density at radius 2 is 2.37 bits per heavy atom. The predicted octanol–water partition coefficient (Wildman–Crippen LogP) is 3.59.